The highest BCUT2D eigenvalue weighted by Gasteiger charge is 2.34. The van der Waals surface area contributed by atoms with Gasteiger partial charge in [0.15, 0.2) is 5.82 Å². The summed E-state index contributed by atoms with van der Waals surface area (Å²) in [5, 5.41) is 13.2. The summed E-state index contributed by atoms with van der Waals surface area (Å²) in [5.74, 6) is 1.04. The molecule has 6 heteroatoms. The van der Waals surface area contributed by atoms with Gasteiger partial charge in [-0.1, -0.05) is 62.4 Å². The van der Waals surface area contributed by atoms with Crippen molar-refractivity contribution in [1.29, 1.82) is 0 Å². The molecule has 2 heterocycles. The van der Waals surface area contributed by atoms with Gasteiger partial charge < -0.3 is 0 Å². The minimum absolute atomic E-state index is 0.152. The van der Waals surface area contributed by atoms with E-state index in [9.17, 15) is 0 Å². The Labute approximate surface area is 174 Å². The maximum atomic E-state index is 4.59. The van der Waals surface area contributed by atoms with Crippen molar-refractivity contribution in [2.24, 2.45) is 0 Å². The minimum atomic E-state index is 0.152. The smallest absolute Gasteiger partial charge is 0.173 e. The Morgan fingerprint density at radius 1 is 0.759 bits per heavy atom. The van der Waals surface area contributed by atoms with Crippen LogP contribution in [0.5, 0.6) is 0 Å². The maximum absolute atomic E-state index is 4.59. The molecule has 1 saturated heterocycles. The van der Waals surface area contributed by atoms with Crippen molar-refractivity contribution in [3.63, 3.8) is 0 Å². The second-order valence-corrected chi connectivity index (χ2v) is 9.10. The number of tetrazole rings is 1. The minimum Gasteiger partial charge on any atom is -0.298 e. The lowest BCUT2D eigenvalue weighted by atomic mass is 9.95. The lowest BCUT2D eigenvalue weighted by molar-refractivity contribution is 0.0760. The Hall–Kier alpha value is -1.79. The van der Waals surface area contributed by atoms with Gasteiger partial charge in [0, 0.05) is 32.2 Å². The van der Waals surface area contributed by atoms with Crippen LogP contribution in [0.25, 0.3) is 0 Å². The number of hydrogen-bond acceptors (Lipinski definition) is 5. The van der Waals surface area contributed by atoms with Crippen molar-refractivity contribution in [3.05, 3.63) is 41.7 Å². The Morgan fingerprint density at radius 3 is 2.14 bits per heavy atom. The molecule has 0 N–H and O–H groups in total. The van der Waals surface area contributed by atoms with E-state index in [0.717, 1.165) is 25.0 Å². The highest BCUT2D eigenvalue weighted by molar-refractivity contribution is 5.25. The third kappa shape index (κ3) is 4.10. The molecule has 0 bridgehead atoms. The standard InChI is InChI=1S/C23H34N6/c1-3-9-19(10-4-1)22(23-24-25-26-29(23)21-13-5-2-6-14-21)28-17-15-27(16-18-28)20-11-7-8-12-20/h1,3-4,9-10,20-22H,2,5-8,11-18H2. The summed E-state index contributed by atoms with van der Waals surface area (Å²) < 4.78 is 2.17. The topological polar surface area (TPSA) is 50.1 Å². The predicted molar refractivity (Wildman–Crippen MR) is 114 cm³/mol. The zero-order valence-corrected chi connectivity index (χ0v) is 17.5. The molecule has 0 amide bonds. The average molecular weight is 395 g/mol. The van der Waals surface area contributed by atoms with Crippen LogP contribution in [0.3, 0.4) is 0 Å². The maximum Gasteiger partial charge on any atom is 0.173 e. The third-order valence-electron chi connectivity index (χ3n) is 7.35. The monoisotopic (exact) mass is 394 g/mol. The molecule has 156 valence electrons. The molecule has 1 aromatic carbocycles. The molecular weight excluding hydrogens is 360 g/mol. The molecule has 5 rings (SSSR count). The van der Waals surface area contributed by atoms with Gasteiger partial charge in [-0.05, 0) is 41.7 Å². The first-order valence-corrected chi connectivity index (χ1v) is 11.7. The summed E-state index contributed by atoms with van der Waals surface area (Å²) in [4.78, 5) is 5.35. The van der Waals surface area contributed by atoms with E-state index in [1.165, 1.54) is 76.4 Å². The average Bonchev–Trinajstić information content (AvgIpc) is 3.49. The Morgan fingerprint density at radius 2 is 1.41 bits per heavy atom. The first kappa shape index (κ1) is 19.2. The summed E-state index contributed by atoms with van der Waals surface area (Å²) in [6, 6.07) is 12.3. The number of piperazine rings is 1. The molecule has 2 aromatic rings. The van der Waals surface area contributed by atoms with Gasteiger partial charge in [-0.2, -0.15) is 0 Å². The van der Waals surface area contributed by atoms with Gasteiger partial charge in [0.1, 0.15) is 0 Å². The Bertz CT molecular complexity index is 755. The molecule has 0 radical (unpaired) electrons. The number of nitrogens with zero attached hydrogens (tertiary/aromatic N) is 6. The normalized spacial score (nSPS) is 24.1. The lowest BCUT2D eigenvalue weighted by Crippen LogP contribution is -2.51. The zero-order valence-electron chi connectivity index (χ0n) is 17.5. The lowest BCUT2D eigenvalue weighted by Gasteiger charge is -2.41. The van der Waals surface area contributed by atoms with Gasteiger partial charge in [0.25, 0.3) is 0 Å². The van der Waals surface area contributed by atoms with E-state index in [0.29, 0.717) is 6.04 Å². The van der Waals surface area contributed by atoms with Crippen LogP contribution in [0.4, 0.5) is 0 Å². The molecule has 0 spiro atoms. The molecule has 1 aromatic heterocycles. The van der Waals surface area contributed by atoms with Crippen molar-refractivity contribution in [2.45, 2.75) is 75.9 Å². The molecule has 2 saturated carbocycles. The van der Waals surface area contributed by atoms with Gasteiger partial charge >= 0.3 is 0 Å². The zero-order chi connectivity index (χ0) is 19.5. The first-order valence-electron chi connectivity index (χ1n) is 11.7. The molecule has 6 nitrogen and oxygen atoms in total. The van der Waals surface area contributed by atoms with Gasteiger partial charge in [-0.15, -0.1) is 5.10 Å². The van der Waals surface area contributed by atoms with Crippen LogP contribution in [-0.2, 0) is 0 Å². The van der Waals surface area contributed by atoms with Crippen molar-refractivity contribution in [1.82, 2.24) is 30.0 Å². The Kier molecular flexibility index (Phi) is 5.90. The van der Waals surface area contributed by atoms with Gasteiger partial charge in [0.2, 0.25) is 0 Å². The number of aromatic nitrogens is 4. The van der Waals surface area contributed by atoms with Crippen LogP contribution in [0, 0.1) is 0 Å². The summed E-state index contributed by atoms with van der Waals surface area (Å²) >= 11 is 0. The van der Waals surface area contributed by atoms with Crippen molar-refractivity contribution in [2.75, 3.05) is 26.2 Å². The van der Waals surface area contributed by atoms with Crippen LogP contribution >= 0.6 is 0 Å². The highest BCUT2D eigenvalue weighted by Crippen LogP contribution is 2.34. The molecule has 2 aliphatic carbocycles. The molecule has 1 atom stereocenters. The predicted octanol–water partition coefficient (Wildman–Crippen LogP) is 3.83. The fourth-order valence-corrected chi connectivity index (χ4v) is 5.75. The third-order valence-corrected chi connectivity index (χ3v) is 7.35. The summed E-state index contributed by atoms with van der Waals surface area (Å²) in [6.45, 7) is 4.51. The molecule has 3 fully saturated rings. The van der Waals surface area contributed by atoms with E-state index in [2.05, 4.69) is 60.3 Å². The number of benzene rings is 1. The summed E-state index contributed by atoms with van der Waals surface area (Å²) in [7, 11) is 0. The van der Waals surface area contributed by atoms with E-state index in [4.69, 9.17) is 0 Å². The second kappa shape index (κ2) is 8.92. The number of hydrogen-bond donors (Lipinski definition) is 0. The second-order valence-electron chi connectivity index (χ2n) is 9.10. The highest BCUT2D eigenvalue weighted by atomic mass is 15.6. The first-order chi connectivity index (χ1) is 14.4. The van der Waals surface area contributed by atoms with Crippen molar-refractivity contribution < 1.29 is 0 Å². The largest absolute Gasteiger partial charge is 0.298 e. The Balaban J connectivity index is 1.39. The molecule has 29 heavy (non-hydrogen) atoms. The van der Waals surface area contributed by atoms with Gasteiger partial charge in [0.05, 0.1) is 12.1 Å². The summed E-state index contributed by atoms with van der Waals surface area (Å²) in [6.07, 6.45) is 11.9. The van der Waals surface area contributed by atoms with E-state index in [1.54, 1.807) is 0 Å². The van der Waals surface area contributed by atoms with E-state index < -0.39 is 0 Å². The van der Waals surface area contributed by atoms with Crippen LogP contribution < -0.4 is 0 Å². The fraction of sp³-hybridized carbons (Fsp3) is 0.696. The van der Waals surface area contributed by atoms with Crippen LogP contribution in [0.1, 0.15) is 81.3 Å². The number of rotatable bonds is 5. The quantitative estimate of drug-likeness (QED) is 0.771. The summed E-state index contributed by atoms with van der Waals surface area (Å²) in [5.41, 5.74) is 1.31. The van der Waals surface area contributed by atoms with Crippen molar-refractivity contribution in [3.8, 4) is 0 Å². The van der Waals surface area contributed by atoms with Gasteiger partial charge in [-0.25, -0.2) is 4.68 Å². The van der Waals surface area contributed by atoms with Crippen molar-refractivity contribution >= 4 is 0 Å². The van der Waals surface area contributed by atoms with Gasteiger partial charge in [-0.3, -0.25) is 9.80 Å². The molecule has 1 aliphatic heterocycles. The van der Waals surface area contributed by atoms with Crippen LogP contribution in [0.15, 0.2) is 30.3 Å². The van der Waals surface area contributed by atoms with Crippen LogP contribution in [-0.4, -0.2) is 62.2 Å². The SMILES string of the molecule is c1ccc(C(c2nnnn2C2CCCCC2)N2CCN(C3CCCC3)CC2)cc1. The molecule has 3 aliphatic rings. The van der Waals surface area contributed by atoms with E-state index >= 15 is 0 Å². The fourth-order valence-electron chi connectivity index (χ4n) is 5.75. The van der Waals surface area contributed by atoms with E-state index in [-0.39, 0.29) is 6.04 Å². The van der Waals surface area contributed by atoms with E-state index in [1.807, 2.05) is 0 Å². The molecular formula is C23H34N6. The molecule has 1 unspecified atom stereocenters. The van der Waals surface area contributed by atoms with Crippen LogP contribution in [0.2, 0.25) is 0 Å².